The maximum atomic E-state index is 13.5. The van der Waals surface area contributed by atoms with Crippen LogP contribution < -0.4 is 5.32 Å². The number of piperidine rings is 1. The minimum Gasteiger partial charge on any atom is -0.349 e. The first-order chi connectivity index (χ1) is 13.8. The molecule has 2 aromatic carbocycles. The van der Waals surface area contributed by atoms with Crippen LogP contribution in [0.5, 0.6) is 0 Å². The van der Waals surface area contributed by atoms with Gasteiger partial charge < -0.3 is 5.32 Å². The van der Waals surface area contributed by atoms with Crippen LogP contribution in [0.3, 0.4) is 0 Å². The number of amides is 1. The van der Waals surface area contributed by atoms with Crippen molar-refractivity contribution in [3.63, 3.8) is 0 Å². The highest BCUT2D eigenvalue weighted by Crippen LogP contribution is 2.53. The Bertz CT molecular complexity index is 916. The molecule has 0 radical (unpaired) electrons. The zero-order chi connectivity index (χ0) is 20.6. The van der Waals surface area contributed by atoms with Crippen LogP contribution >= 0.6 is 11.6 Å². The number of halogens is 2. The van der Waals surface area contributed by atoms with Crippen molar-refractivity contribution in [2.75, 3.05) is 19.6 Å². The van der Waals surface area contributed by atoms with Gasteiger partial charge in [0, 0.05) is 22.2 Å². The van der Waals surface area contributed by atoms with Crippen LogP contribution in [0.4, 0.5) is 4.39 Å². The molecular weight excluding hydrogens is 391 g/mol. The molecule has 0 aromatic heterocycles. The van der Waals surface area contributed by atoms with Crippen LogP contribution in [-0.4, -0.2) is 42.3 Å². The molecule has 1 amide bonds. The van der Waals surface area contributed by atoms with Crippen molar-refractivity contribution in [1.82, 2.24) is 10.2 Å². The van der Waals surface area contributed by atoms with Crippen molar-refractivity contribution in [2.24, 2.45) is 5.41 Å². The summed E-state index contributed by atoms with van der Waals surface area (Å²) >= 11 is 5.84. The zero-order valence-corrected chi connectivity index (χ0v) is 17.1. The third-order valence-corrected chi connectivity index (χ3v) is 6.43. The summed E-state index contributed by atoms with van der Waals surface area (Å²) in [5.41, 5.74) is 2.25. The van der Waals surface area contributed by atoms with Crippen LogP contribution in [0.1, 0.15) is 45.5 Å². The largest absolute Gasteiger partial charge is 0.349 e. The van der Waals surface area contributed by atoms with E-state index in [9.17, 15) is 14.0 Å². The van der Waals surface area contributed by atoms with Gasteiger partial charge in [-0.2, -0.15) is 0 Å². The summed E-state index contributed by atoms with van der Waals surface area (Å²) in [6.07, 6.45) is 2.83. The predicted octanol–water partition coefficient (Wildman–Crippen LogP) is 4.25. The molecule has 1 heterocycles. The maximum Gasteiger partial charge on any atom is 0.251 e. The van der Waals surface area contributed by atoms with Gasteiger partial charge >= 0.3 is 0 Å². The molecule has 1 N–H and O–H groups in total. The standard InChI is InChI=1S/C23H24ClFN2O2/c1-15-2-4-16(5-3-15)20(28)14-27-8-6-23(7-9-27)13-21(23)26-22(29)17-10-18(24)12-19(25)11-17/h2-5,10-12,21H,6-9,13-14H2,1H3,(H,26,29). The average Bonchev–Trinajstić information content (AvgIpc) is 3.34. The van der Waals surface area contributed by atoms with Gasteiger partial charge in [0.1, 0.15) is 5.82 Å². The Labute approximate surface area is 175 Å². The molecule has 1 aliphatic heterocycles. The summed E-state index contributed by atoms with van der Waals surface area (Å²) < 4.78 is 13.5. The lowest BCUT2D eigenvalue weighted by atomic mass is 9.92. The highest BCUT2D eigenvalue weighted by Gasteiger charge is 2.55. The lowest BCUT2D eigenvalue weighted by molar-refractivity contribution is 0.0877. The Morgan fingerprint density at radius 1 is 1.14 bits per heavy atom. The Balaban J connectivity index is 1.28. The van der Waals surface area contributed by atoms with E-state index in [-0.39, 0.29) is 33.7 Å². The van der Waals surface area contributed by atoms with Crippen molar-refractivity contribution >= 4 is 23.3 Å². The smallest absolute Gasteiger partial charge is 0.251 e. The molecule has 4 nitrogen and oxygen atoms in total. The van der Waals surface area contributed by atoms with E-state index in [2.05, 4.69) is 10.2 Å². The van der Waals surface area contributed by atoms with Crippen LogP contribution in [-0.2, 0) is 0 Å². The number of rotatable bonds is 5. The third-order valence-electron chi connectivity index (χ3n) is 6.21. The zero-order valence-electron chi connectivity index (χ0n) is 16.4. The van der Waals surface area contributed by atoms with Crippen molar-refractivity contribution in [3.05, 3.63) is 70.0 Å². The van der Waals surface area contributed by atoms with Crippen molar-refractivity contribution in [2.45, 2.75) is 32.2 Å². The van der Waals surface area contributed by atoms with Crippen LogP contribution in [0.15, 0.2) is 42.5 Å². The quantitative estimate of drug-likeness (QED) is 0.744. The lowest BCUT2D eigenvalue weighted by Gasteiger charge is -2.32. The number of nitrogens with zero attached hydrogens (tertiary/aromatic N) is 1. The highest BCUT2D eigenvalue weighted by atomic mass is 35.5. The minimum atomic E-state index is -0.514. The van der Waals surface area contributed by atoms with Gasteiger partial charge in [-0.05, 0) is 62.9 Å². The van der Waals surface area contributed by atoms with Gasteiger partial charge in [-0.25, -0.2) is 4.39 Å². The molecule has 1 saturated heterocycles. The first kappa shape index (κ1) is 20.0. The fourth-order valence-corrected chi connectivity index (χ4v) is 4.44. The van der Waals surface area contributed by atoms with Gasteiger partial charge in [0.2, 0.25) is 0 Å². The molecule has 6 heteroatoms. The van der Waals surface area contributed by atoms with Crippen LogP contribution in [0, 0.1) is 18.2 Å². The molecule has 2 aromatic rings. The van der Waals surface area contributed by atoms with Gasteiger partial charge in [-0.15, -0.1) is 0 Å². The van der Waals surface area contributed by atoms with Gasteiger partial charge in [0.15, 0.2) is 5.78 Å². The molecule has 2 fully saturated rings. The monoisotopic (exact) mass is 414 g/mol. The molecule has 0 bridgehead atoms. The molecule has 152 valence electrons. The summed E-state index contributed by atoms with van der Waals surface area (Å²) in [4.78, 5) is 27.1. The summed E-state index contributed by atoms with van der Waals surface area (Å²) in [7, 11) is 0. The minimum absolute atomic E-state index is 0.104. The summed E-state index contributed by atoms with van der Waals surface area (Å²) in [6.45, 7) is 4.12. The first-order valence-electron chi connectivity index (χ1n) is 9.94. The number of aryl methyl sites for hydroxylation is 1. The predicted molar refractivity (Wildman–Crippen MR) is 111 cm³/mol. The number of carbonyl (C=O) groups is 2. The second-order valence-electron chi connectivity index (χ2n) is 8.32. The number of nitrogens with one attached hydrogen (secondary N) is 1. The first-order valence-corrected chi connectivity index (χ1v) is 10.3. The number of hydrogen-bond acceptors (Lipinski definition) is 3. The highest BCUT2D eigenvalue weighted by molar-refractivity contribution is 6.31. The van der Waals surface area contributed by atoms with Crippen molar-refractivity contribution in [1.29, 1.82) is 0 Å². The van der Waals surface area contributed by atoms with E-state index in [1.54, 1.807) is 0 Å². The Kier molecular flexibility index (Phi) is 5.45. The van der Waals surface area contributed by atoms with E-state index in [1.165, 1.54) is 18.2 Å². The molecule has 1 atom stereocenters. The fourth-order valence-electron chi connectivity index (χ4n) is 4.22. The second kappa shape index (κ2) is 7.88. The van der Waals surface area contributed by atoms with E-state index >= 15 is 0 Å². The molecule has 1 aliphatic carbocycles. The fraction of sp³-hybridized carbons (Fsp3) is 0.391. The Morgan fingerprint density at radius 3 is 2.48 bits per heavy atom. The van der Waals surface area contributed by atoms with Gasteiger partial charge in [0.25, 0.3) is 5.91 Å². The molecule has 4 rings (SSSR count). The molecular formula is C23H24ClFN2O2. The van der Waals surface area contributed by atoms with Crippen LogP contribution in [0.25, 0.3) is 0 Å². The number of carbonyl (C=O) groups excluding carboxylic acids is 2. The Hall–Kier alpha value is -2.24. The Morgan fingerprint density at radius 2 is 1.83 bits per heavy atom. The number of ketones is 1. The molecule has 1 saturated carbocycles. The normalized spacial score (nSPS) is 20.4. The topological polar surface area (TPSA) is 49.4 Å². The molecule has 1 spiro atoms. The van der Waals surface area contributed by atoms with Crippen molar-refractivity contribution < 1.29 is 14.0 Å². The number of hydrogen-bond donors (Lipinski definition) is 1. The SMILES string of the molecule is Cc1ccc(C(=O)CN2CCC3(CC2)CC3NC(=O)c2cc(F)cc(Cl)c2)cc1. The van der Waals surface area contributed by atoms with Gasteiger partial charge in [-0.1, -0.05) is 41.4 Å². The second-order valence-corrected chi connectivity index (χ2v) is 8.75. The summed E-state index contributed by atoms with van der Waals surface area (Å²) in [6, 6.07) is 11.7. The van der Waals surface area contributed by atoms with Crippen LogP contribution in [0.2, 0.25) is 5.02 Å². The average molecular weight is 415 g/mol. The van der Waals surface area contributed by atoms with E-state index in [0.717, 1.165) is 43.5 Å². The van der Waals surface area contributed by atoms with E-state index < -0.39 is 5.82 Å². The number of benzene rings is 2. The lowest BCUT2D eigenvalue weighted by Crippen LogP contribution is -2.41. The van der Waals surface area contributed by atoms with Gasteiger partial charge in [-0.3, -0.25) is 14.5 Å². The number of likely N-dealkylation sites (tertiary alicyclic amines) is 1. The molecule has 29 heavy (non-hydrogen) atoms. The maximum absolute atomic E-state index is 13.5. The van der Waals surface area contributed by atoms with E-state index in [4.69, 9.17) is 11.6 Å². The van der Waals surface area contributed by atoms with Gasteiger partial charge in [0.05, 0.1) is 6.54 Å². The third kappa shape index (κ3) is 4.51. The molecule has 2 aliphatic rings. The van der Waals surface area contributed by atoms with E-state index in [1.807, 2.05) is 31.2 Å². The summed E-state index contributed by atoms with van der Waals surface area (Å²) in [5.74, 6) is -0.658. The molecule has 1 unspecified atom stereocenters. The number of Topliss-reactive ketones (excluding diaryl/α,β-unsaturated/α-hetero) is 1. The van der Waals surface area contributed by atoms with Crippen molar-refractivity contribution in [3.8, 4) is 0 Å². The summed E-state index contributed by atoms with van der Waals surface area (Å²) in [5, 5.41) is 3.24. The van der Waals surface area contributed by atoms with E-state index in [0.29, 0.717) is 6.54 Å².